The van der Waals surface area contributed by atoms with Crippen LogP contribution in [0.4, 0.5) is 0 Å². The molecule has 0 aliphatic heterocycles. The molecule has 0 rings (SSSR count). The summed E-state index contributed by atoms with van der Waals surface area (Å²) < 4.78 is 0. The Morgan fingerprint density at radius 2 is 0.780 bits per heavy atom. The van der Waals surface area contributed by atoms with Gasteiger partial charge in [-0.2, -0.15) is 0 Å². The van der Waals surface area contributed by atoms with E-state index in [-0.39, 0.29) is 58.0 Å². The van der Waals surface area contributed by atoms with Crippen molar-refractivity contribution in [1.29, 1.82) is 0 Å². The number of unbranched alkanes of at least 4 members (excludes halogenated alkanes) is 2. The number of hydrogen-bond acceptors (Lipinski definition) is 10. The van der Waals surface area contributed by atoms with Gasteiger partial charge in [0.25, 0.3) is 0 Å². The smallest absolute Gasteiger partial charge is 0.548 e. The normalized spacial score (nSPS) is 11.7. The zero-order chi connectivity index (χ0) is 31.1. The molecule has 12 nitrogen and oxygen atoms in total. The largest absolute Gasteiger partial charge is 2.00 e. The molecule has 0 saturated carbocycles. The Bertz CT molecular complexity index is 697. The summed E-state index contributed by atoms with van der Waals surface area (Å²) in [5, 5.41) is 22.5. The topological polar surface area (TPSA) is 207 Å². The third-order valence-electron chi connectivity index (χ3n) is 5.96. The number of amides is 4. The van der Waals surface area contributed by atoms with E-state index in [1.165, 1.54) is 0 Å². The van der Waals surface area contributed by atoms with Crippen LogP contribution in [-0.4, -0.2) is 70.5 Å². The summed E-state index contributed by atoms with van der Waals surface area (Å²) in [6.07, 6.45) is 5.72. The molecule has 0 aliphatic rings. The van der Waals surface area contributed by atoms with E-state index in [9.17, 15) is 39.0 Å². The minimum Gasteiger partial charge on any atom is -0.548 e. The summed E-state index contributed by atoms with van der Waals surface area (Å²) >= 11 is 0. The molecule has 41 heavy (non-hydrogen) atoms. The monoisotopic (exact) mass is 634 g/mol. The van der Waals surface area contributed by atoms with Gasteiger partial charge < -0.3 is 31.3 Å². The number of imide groups is 2. The van der Waals surface area contributed by atoms with Crippen molar-refractivity contribution in [3.63, 3.8) is 0 Å². The molecule has 0 aromatic carbocycles. The average Bonchev–Trinajstić information content (AvgIpc) is 2.88. The van der Waals surface area contributed by atoms with Gasteiger partial charge in [-0.1, -0.05) is 27.7 Å². The summed E-state index contributed by atoms with van der Waals surface area (Å²) in [4.78, 5) is 72.4. The molecule has 0 bridgehead atoms. The van der Waals surface area contributed by atoms with Crippen LogP contribution < -0.4 is 21.7 Å². The zero-order valence-corrected chi connectivity index (χ0v) is 28.5. The summed E-state index contributed by atoms with van der Waals surface area (Å²) in [7, 11) is 0. The molecule has 4 N–H and O–H groups in total. The first-order chi connectivity index (χ1) is 19.0. The van der Waals surface area contributed by atoms with Gasteiger partial charge >= 0.3 is 19.5 Å². The van der Waals surface area contributed by atoms with E-state index >= 15 is 0 Å². The van der Waals surface area contributed by atoms with Crippen molar-refractivity contribution in [2.24, 2.45) is 11.5 Å². The van der Waals surface area contributed by atoms with Gasteiger partial charge in [-0.05, 0) is 77.3 Å². The molecule has 0 aromatic heterocycles. The summed E-state index contributed by atoms with van der Waals surface area (Å²) in [6, 6.07) is -2.36. The number of carboxylic acids is 2. The first-order valence-corrected chi connectivity index (χ1v) is 14.5. The molecule has 2 atom stereocenters. The molecule has 0 fully saturated rings. The van der Waals surface area contributed by atoms with E-state index in [2.05, 4.69) is 0 Å². The first kappa shape index (κ1) is 43.2. The Morgan fingerprint density at radius 3 is 0.951 bits per heavy atom. The van der Waals surface area contributed by atoms with Crippen LogP contribution in [0.25, 0.3) is 0 Å². The molecule has 0 aliphatic carbocycles. The second-order valence-corrected chi connectivity index (χ2v) is 9.55. The predicted octanol–water partition coefficient (Wildman–Crippen LogP) is 0.376. The van der Waals surface area contributed by atoms with Gasteiger partial charge in [0.15, 0.2) is 0 Å². The number of carbonyl (C=O) groups excluding carboxylic acids is 6. The predicted molar refractivity (Wildman–Crippen MR) is 147 cm³/mol. The fourth-order valence-electron chi connectivity index (χ4n) is 3.98. The van der Waals surface area contributed by atoms with E-state index < -0.39 is 47.7 Å². The molecular weight excluding hydrogens is 586 g/mol. The number of aliphatic carboxylic acids is 2. The summed E-state index contributed by atoms with van der Waals surface area (Å²) in [6.45, 7) is 8.13. The van der Waals surface area contributed by atoms with Crippen LogP contribution in [-0.2, 0) is 48.2 Å². The number of rotatable bonds is 20. The Labute approximate surface area is 257 Å². The number of carboxylic acid groups (broad SMARTS) is 2. The van der Waals surface area contributed by atoms with Gasteiger partial charge in [-0.15, -0.1) is 0 Å². The number of nitrogens with two attached hydrogens (primary N) is 2. The molecule has 0 spiro atoms. The molecule has 0 unspecified atom stereocenters. The molecule has 0 radical (unpaired) electrons. The van der Waals surface area contributed by atoms with E-state index in [0.717, 1.165) is 9.80 Å². The van der Waals surface area contributed by atoms with Gasteiger partial charge in [0.05, 0.1) is 24.0 Å². The Balaban J connectivity index is -0.000000688. The second-order valence-electron chi connectivity index (χ2n) is 9.55. The molecule has 0 heterocycles. The molecule has 4 amide bonds. The molecule has 232 valence electrons. The van der Waals surface area contributed by atoms with E-state index in [1.807, 2.05) is 27.7 Å². The molecule has 13 heteroatoms. The zero-order valence-electron chi connectivity index (χ0n) is 25.5. The van der Waals surface area contributed by atoms with Crippen LogP contribution in [0.3, 0.4) is 0 Å². The third-order valence-corrected chi connectivity index (χ3v) is 5.96. The first-order valence-electron chi connectivity index (χ1n) is 14.5. The molecule has 0 saturated heterocycles. The number of nitrogens with zero attached hydrogens (tertiary/aromatic N) is 2. The van der Waals surface area contributed by atoms with Crippen molar-refractivity contribution < 1.29 is 58.5 Å². The quantitative estimate of drug-likeness (QED) is 0.139. The average molecular weight is 636 g/mol. The van der Waals surface area contributed by atoms with Crippen molar-refractivity contribution in [2.45, 2.75) is 130 Å². The van der Waals surface area contributed by atoms with Crippen molar-refractivity contribution >= 4 is 35.6 Å². The molecular formula is C28H50N4O8Zn. The summed E-state index contributed by atoms with van der Waals surface area (Å²) in [5.74, 6) is -4.51. The van der Waals surface area contributed by atoms with Gasteiger partial charge in [0, 0.05) is 25.7 Å². The standard InChI is InChI=1S/2C14H26N2O4.Zn/c2*1-3-7-12(17)16(13(18)8-4-2)11(14(19)20)9-5-6-10-15;/h2*11H,3-10,15H2,1-2H3,(H,19,20);/q;;+2/p-2/t2*11-;/m00./s1. The van der Waals surface area contributed by atoms with E-state index in [1.54, 1.807) is 0 Å². The van der Waals surface area contributed by atoms with Crippen molar-refractivity contribution in [3.05, 3.63) is 0 Å². The minimum atomic E-state index is -1.38. The van der Waals surface area contributed by atoms with Gasteiger partial charge in [0.2, 0.25) is 23.6 Å². The Hall–Kier alpha value is -2.24. The van der Waals surface area contributed by atoms with Gasteiger partial charge in [0.1, 0.15) is 0 Å². The van der Waals surface area contributed by atoms with Crippen LogP contribution in [0.2, 0.25) is 0 Å². The van der Waals surface area contributed by atoms with Gasteiger partial charge in [-0.3, -0.25) is 29.0 Å². The Kier molecular flexibility index (Phi) is 28.1. The molecule has 0 aromatic rings. The maximum atomic E-state index is 12.0. The maximum absolute atomic E-state index is 12.0. The maximum Gasteiger partial charge on any atom is 2.00 e. The van der Waals surface area contributed by atoms with Crippen LogP contribution in [0.1, 0.15) is 118 Å². The fourth-order valence-corrected chi connectivity index (χ4v) is 3.98. The van der Waals surface area contributed by atoms with Crippen LogP contribution >= 0.6 is 0 Å². The van der Waals surface area contributed by atoms with E-state index in [0.29, 0.717) is 64.5 Å². The van der Waals surface area contributed by atoms with Crippen LogP contribution in [0.5, 0.6) is 0 Å². The van der Waals surface area contributed by atoms with Gasteiger partial charge in [-0.25, -0.2) is 0 Å². The van der Waals surface area contributed by atoms with Crippen LogP contribution in [0, 0.1) is 0 Å². The van der Waals surface area contributed by atoms with Crippen molar-refractivity contribution in [2.75, 3.05) is 13.1 Å². The summed E-state index contributed by atoms with van der Waals surface area (Å²) in [5.41, 5.74) is 10.7. The van der Waals surface area contributed by atoms with Crippen molar-refractivity contribution in [1.82, 2.24) is 9.80 Å². The number of carbonyl (C=O) groups is 6. The van der Waals surface area contributed by atoms with Crippen LogP contribution in [0.15, 0.2) is 0 Å². The van der Waals surface area contributed by atoms with Crippen molar-refractivity contribution in [3.8, 4) is 0 Å². The number of hydrogen-bond donors (Lipinski definition) is 2. The SMILES string of the molecule is CCCC(=O)N(C(=O)CCC)[C@@H](CCCCN)C(=O)[O-].CCCC(=O)N(C(=O)CCC)[C@@H](CCCCN)C(=O)[O-].[Zn+2]. The second kappa shape index (κ2) is 26.6. The Morgan fingerprint density at radius 1 is 0.537 bits per heavy atom. The minimum absolute atomic E-state index is 0. The fraction of sp³-hybridized carbons (Fsp3) is 0.786. The third kappa shape index (κ3) is 18.0. The van der Waals surface area contributed by atoms with E-state index in [4.69, 9.17) is 11.5 Å².